The zero-order valence-electron chi connectivity index (χ0n) is 11.3. The van der Waals surface area contributed by atoms with Crippen LogP contribution in [0, 0.1) is 5.92 Å². The average molecular weight is 249 g/mol. The van der Waals surface area contributed by atoms with Crippen LogP contribution in [0.2, 0.25) is 0 Å². The molecule has 0 saturated carbocycles. The highest BCUT2D eigenvalue weighted by molar-refractivity contribution is 5.92. The van der Waals surface area contributed by atoms with Gasteiger partial charge in [0.25, 0.3) is 5.91 Å². The molecular weight excluding hydrogens is 226 g/mol. The highest BCUT2D eigenvalue weighted by Gasteiger charge is 2.16. The lowest BCUT2D eigenvalue weighted by Crippen LogP contribution is -2.38. The fourth-order valence-corrected chi connectivity index (χ4v) is 2.46. The number of piperidine rings is 1. The molecule has 2 N–H and O–H groups in total. The number of hydrogen-bond acceptors (Lipinski definition) is 2. The number of carbonyl (C=O) groups excluding carboxylic acids is 1. The molecule has 4 heteroatoms. The minimum atomic E-state index is 0.0410. The minimum absolute atomic E-state index is 0.0410. The molecule has 1 aliphatic rings. The van der Waals surface area contributed by atoms with Crippen molar-refractivity contribution in [3.8, 4) is 0 Å². The zero-order valence-corrected chi connectivity index (χ0v) is 11.3. The van der Waals surface area contributed by atoms with Gasteiger partial charge in [-0.3, -0.25) is 4.79 Å². The highest BCUT2D eigenvalue weighted by atomic mass is 16.1. The van der Waals surface area contributed by atoms with Crippen molar-refractivity contribution < 1.29 is 4.79 Å². The Morgan fingerprint density at radius 1 is 1.61 bits per heavy atom. The van der Waals surface area contributed by atoms with Crippen molar-refractivity contribution in [3.63, 3.8) is 0 Å². The Balaban J connectivity index is 1.89. The third-order valence-corrected chi connectivity index (χ3v) is 3.52. The Morgan fingerprint density at radius 3 is 3.11 bits per heavy atom. The highest BCUT2D eigenvalue weighted by Crippen LogP contribution is 2.12. The Bertz CT molecular complexity index is 391. The molecule has 1 aromatic heterocycles. The van der Waals surface area contributed by atoms with Gasteiger partial charge in [0.15, 0.2) is 0 Å². The number of nitrogens with one attached hydrogen (secondary N) is 2. The molecule has 1 amide bonds. The summed E-state index contributed by atoms with van der Waals surface area (Å²) in [5.74, 6) is 0.615. The van der Waals surface area contributed by atoms with E-state index in [1.165, 1.54) is 12.8 Å². The van der Waals surface area contributed by atoms with E-state index < -0.39 is 0 Å². The van der Waals surface area contributed by atoms with Gasteiger partial charge >= 0.3 is 0 Å². The van der Waals surface area contributed by atoms with Crippen LogP contribution in [0.5, 0.6) is 0 Å². The van der Waals surface area contributed by atoms with Gasteiger partial charge in [-0.1, -0.05) is 0 Å². The fourth-order valence-electron chi connectivity index (χ4n) is 2.46. The first-order valence-electron chi connectivity index (χ1n) is 6.84. The van der Waals surface area contributed by atoms with Crippen LogP contribution in [-0.2, 0) is 0 Å². The van der Waals surface area contributed by atoms with Crippen molar-refractivity contribution in [1.82, 2.24) is 15.2 Å². The van der Waals surface area contributed by atoms with Gasteiger partial charge in [0.05, 0.1) is 0 Å². The third kappa shape index (κ3) is 3.13. The molecule has 1 aliphatic heterocycles. The summed E-state index contributed by atoms with van der Waals surface area (Å²) in [5, 5.41) is 6.42. The van der Waals surface area contributed by atoms with Crippen LogP contribution in [-0.4, -0.2) is 30.1 Å². The Labute approximate surface area is 109 Å². The van der Waals surface area contributed by atoms with Crippen LogP contribution in [0.4, 0.5) is 0 Å². The second-order valence-corrected chi connectivity index (χ2v) is 5.32. The Kier molecular flexibility index (Phi) is 4.42. The van der Waals surface area contributed by atoms with E-state index in [4.69, 9.17) is 0 Å². The number of rotatable bonds is 4. The van der Waals surface area contributed by atoms with Crippen LogP contribution >= 0.6 is 0 Å². The van der Waals surface area contributed by atoms with Crippen LogP contribution < -0.4 is 10.6 Å². The summed E-state index contributed by atoms with van der Waals surface area (Å²) in [4.78, 5) is 12.1. The maximum atomic E-state index is 12.1. The maximum Gasteiger partial charge on any atom is 0.267 e. The second kappa shape index (κ2) is 6.05. The molecule has 1 unspecified atom stereocenters. The van der Waals surface area contributed by atoms with Crippen molar-refractivity contribution in [1.29, 1.82) is 0 Å². The van der Waals surface area contributed by atoms with E-state index in [0.29, 0.717) is 12.0 Å². The molecule has 1 fully saturated rings. The number of aromatic nitrogens is 1. The number of hydrogen-bond donors (Lipinski definition) is 2. The molecule has 2 heterocycles. The largest absolute Gasteiger partial charge is 0.350 e. The summed E-state index contributed by atoms with van der Waals surface area (Å²) in [5.41, 5.74) is 0.758. The Morgan fingerprint density at radius 2 is 2.44 bits per heavy atom. The molecule has 1 atom stereocenters. The summed E-state index contributed by atoms with van der Waals surface area (Å²) >= 11 is 0. The second-order valence-electron chi connectivity index (χ2n) is 5.32. The van der Waals surface area contributed by atoms with Gasteiger partial charge < -0.3 is 15.2 Å². The molecule has 100 valence electrons. The molecule has 1 aromatic rings. The summed E-state index contributed by atoms with van der Waals surface area (Å²) in [6.45, 7) is 7.07. The normalized spacial score (nSPS) is 20.1. The molecule has 0 aromatic carbocycles. The van der Waals surface area contributed by atoms with E-state index in [1.54, 1.807) is 0 Å². The van der Waals surface area contributed by atoms with Crippen LogP contribution in [0.1, 0.15) is 43.2 Å². The monoisotopic (exact) mass is 249 g/mol. The van der Waals surface area contributed by atoms with E-state index in [1.807, 2.05) is 22.9 Å². The van der Waals surface area contributed by atoms with Gasteiger partial charge in [-0.2, -0.15) is 0 Å². The van der Waals surface area contributed by atoms with Crippen molar-refractivity contribution in [2.75, 3.05) is 19.6 Å². The number of amides is 1. The molecule has 0 radical (unpaired) electrons. The number of nitrogens with zero attached hydrogens (tertiary/aromatic N) is 1. The summed E-state index contributed by atoms with van der Waals surface area (Å²) in [6.07, 6.45) is 4.38. The molecule has 0 bridgehead atoms. The SMILES string of the molecule is CC(C)n1cccc1C(=O)NCC1CCCNC1. The van der Waals surface area contributed by atoms with E-state index in [-0.39, 0.29) is 5.91 Å². The summed E-state index contributed by atoms with van der Waals surface area (Å²) < 4.78 is 2.01. The van der Waals surface area contributed by atoms with E-state index in [9.17, 15) is 4.79 Å². The predicted octanol–water partition coefficient (Wildman–Crippen LogP) is 1.80. The van der Waals surface area contributed by atoms with Gasteiger partial charge in [-0.25, -0.2) is 0 Å². The zero-order chi connectivity index (χ0) is 13.0. The van der Waals surface area contributed by atoms with Crippen molar-refractivity contribution in [2.45, 2.75) is 32.7 Å². The van der Waals surface area contributed by atoms with Crippen molar-refractivity contribution in [2.24, 2.45) is 5.92 Å². The van der Waals surface area contributed by atoms with Crippen LogP contribution in [0.25, 0.3) is 0 Å². The van der Waals surface area contributed by atoms with E-state index in [0.717, 1.165) is 25.3 Å². The van der Waals surface area contributed by atoms with Gasteiger partial charge in [0.1, 0.15) is 5.69 Å². The molecule has 0 spiro atoms. The first-order valence-corrected chi connectivity index (χ1v) is 6.84. The molecule has 18 heavy (non-hydrogen) atoms. The topological polar surface area (TPSA) is 46.1 Å². The lowest BCUT2D eigenvalue weighted by Gasteiger charge is -2.23. The molecular formula is C14H23N3O. The van der Waals surface area contributed by atoms with E-state index >= 15 is 0 Å². The van der Waals surface area contributed by atoms with Gasteiger partial charge in [-0.15, -0.1) is 0 Å². The van der Waals surface area contributed by atoms with Crippen molar-refractivity contribution in [3.05, 3.63) is 24.0 Å². The predicted molar refractivity (Wildman–Crippen MR) is 72.7 cm³/mol. The molecule has 4 nitrogen and oxygen atoms in total. The molecule has 0 aliphatic carbocycles. The average Bonchev–Trinajstić information content (AvgIpc) is 2.86. The first-order chi connectivity index (χ1) is 8.68. The fraction of sp³-hybridized carbons (Fsp3) is 0.643. The van der Waals surface area contributed by atoms with Crippen LogP contribution in [0.15, 0.2) is 18.3 Å². The minimum Gasteiger partial charge on any atom is -0.350 e. The standard InChI is InChI=1S/C14H23N3O/c1-11(2)17-8-4-6-13(17)14(18)16-10-12-5-3-7-15-9-12/h4,6,8,11-12,15H,3,5,7,9-10H2,1-2H3,(H,16,18). The Hall–Kier alpha value is -1.29. The lowest BCUT2D eigenvalue weighted by atomic mass is 10.00. The quantitative estimate of drug-likeness (QED) is 0.854. The first kappa shape index (κ1) is 13.1. The summed E-state index contributed by atoms with van der Waals surface area (Å²) in [6, 6.07) is 4.13. The van der Waals surface area contributed by atoms with Gasteiger partial charge in [0.2, 0.25) is 0 Å². The lowest BCUT2D eigenvalue weighted by molar-refractivity contribution is 0.0934. The smallest absolute Gasteiger partial charge is 0.267 e. The van der Waals surface area contributed by atoms with Gasteiger partial charge in [-0.05, 0) is 57.8 Å². The number of carbonyl (C=O) groups is 1. The van der Waals surface area contributed by atoms with Crippen molar-refractivity contribution >= 4 is 5.91 Å². The molecule has 1 saturated heterocycles. The molecule has 2 rings (SSSR count). The maximum absolute atomic E-state index is 12.1. The third-order valence-electron chi connectivity index (χ3n) is 3.52. The summed E-state index contributed by atoms with van der Waals surface area (Å²) in [7, 11) is 0. The van der Waals surface area contributed by atoms with Crippen LogP contribution in [0.3, 0.4) is 0 Å². The van der Waals surface area contributed by atoms with E-state index in [2.05, 4.69) is 24.5 Å². The van der Waals surface area contributed by atoms with Gasteiger partial charge in [0, 0.05) is 18.8 Å².